The van der Waals surface area contributed by atoms with Crippen LogP contribution >= 0.6 is 15.9 Å². The Balaban J connectivity index is 2.05. The van der Waals surface area contributed by atoms with Crippen molar-refractivity contribution in [2.75, 3.05) is 13.2 Å². The minimum atomic E-state index is 0.481. The van der Waals surface area contributed by atoms with Gasteiger partial charge in [0.2, 0.25) is 0 Å². The molecule has 0 amide bonds. The third kappa shape index (κ3) is 2.08. The molecule has 1 aliphatic heterocycles. The molecule has 0 aliphatic carbocycles. The van der Waals surface area contributed by atoms with Crippen LogP contribution in [0.1, 0.15) is 24.6 Å². The molecule has 0 saturated carbocycles. The summed E-state index contributed by atoms with van der Waals surface area (Å²) in [6, 6.07) is 0.481. The highest BCUT2D eigenvalue weighted by atomic mass is 79.9. The van der Waals surface area contributed by atoms with E-state index in [1.807, 2.05) is 10.9 Å². The normalized spacial score (nSPS) is 19.2. The van der Waals surface area contributed by atoms with Gasteiger partial charge in [-0.25, -0.2) is 4.68 Å². The molecule has 0 radical (unpaired) electrons. The lowest BCUT2D eigenvalue weighted by Gasteiger charge is -2.21. The zero-order chi connectivity index (χ0) is 9.10. The second-order valence-corrected chi connectivity index (χ2v) is 3.73. The van der Waals surface area contributed by atoms with Gasteiger partial charge in [0.25, 0.3) is 0 Å². The second-order valence-electron chi connectivity index (χ2n) is 3.17. The van der Waals surface area contributed by atoms with E-state index in [0.29, 0.717) is 6.04 Å². The molecule has 1 aromatic heterocycles. The number of ether oxygens (including phenoxy) is 1. The van der Waals surface area contributed by atoms with Crippen LogP contribution in [0.25, 0.3) is 0 Å². The van der Waals surface area contributed by atoms with Crippen molar-refractivity contribution < 1.29 is 4.74 Å². The van der Waals surface area contributed by atoms with E-state index in [-0.39, 0.29) is 0 Å². The summed E-state index contributed by atoms with van der Waals surface area (Å²) in [4.78, 5) is 0. The van der Waals surface area contributed by atoms with Crippen molar-refractivity contribution >= 4 is 15.9 Å². The van der Waals surface area contributed by atoms with E-state index in [1.165, 1.54) is 0 Å². The number of aromatic nitrogens is 3. The third-order valence-electron chi connectivity index (χ3n) is 2.26. The van der Waals surface area contributed by atoms with Gasteiger partial charge in [0.1, 0.15) is 0 Å². The summed E-state index contributed by atoms with van der Waals surface area (Å²) in [5.74, 6) is 0. The second kappa shape index (κ2) is 4.19. The van der Waals surface area contributed by atoms with Crippen molar-refractivity contribution in [3.63, 3.8) is 0 Å². The molecule has 13 heavy (non-hydrogen) atoms. The van der Waals surface area contributed by atoms with Crippen molar-refractivity contribution in [1.29, 1.82) is 0 Å². The van der Waals surface area contributed by atoms with E-state index in [4.69, 9.17) is 4.74 Å². The minimum absolute atomic E-state index is 0.481. The Labute approximate surface area is 85.4 Å². The quantitative estimate of drug-likeness (QED) is 0.743. The van der Waals surface area contributed by atoms with E-state index in [2.05, 4.69) is 26.2 Å². The Bertz CT molecular complexity index is 270. The van der Waals surface area contributed by atoms with Gasteiger partial charge in [-0.15, -0.1) is 5.10 Å². The molecule has 2 heterocycles. The Morgan fingerprint density at radius 2 is 2.31 bits per heavy atom. The molecule has 1 aliphatic rings. The summed E-state index contributed by atoms with van der Waals surface area (Å²) < 4.78 is 7.24. The van der Waals surface area contributed by atoms with Gasteiger partial charge in [0.15, 0.2) is 0 Å². The topological polar surface area (TPSA) is 39.9 Å². The molecule has 4 nitrogen and oxygen atoms in total. The van der Waals surface area contributed by atoms with Gasteiger partial charge in [0.05, 0.1) is 11.7 Å². The molecular formula is C8H12BrN3O. The maximum atomic E-state index is 5.28. The van der Waals surface area contributed by atoms with Crippen LogP contribution < -0.4 is 0 Å². The molecule has 1 saturated heterocycles. The first kappa shape index (κ1) is 9.15. The largest absolute Gasteiger partial charge is 0.381 e. The van der Waals surface area contributed by atoms with Gasteiger partial charge >= 0.3 is 0 Å². The molecule has 5 heteroatoms. The van der Waals surface area contributed by atoms with E-state index in [9.17, 15) is 0 Å². The van der Waals surface area contributed by atoms with Gasteiger partial charge in [-0.2, -0.15) is 0 Å². The first-order valence-electron chi connectivity index (χ1n) is 4.44. The zero-order valence-corrected chi connectivity index (χ0v) is 8.90. The van der Waals surface area contributed by atoms with Crippen molar-refractivity contribution in [2.24, 2.45) is 0 Å². The van der Waals surface area contributed by atoms with Crippen LogP contribution in [-0.2, 0) is 10.1 Å². The molecule has 1 aromatic rings. The van der Waals surface area contributed by atoms with Gasteiger partial charge in [-0.1, -0.05) is 21.1 Å². The molecule has 0 N–H and O–H groups in total. The average molecular weight is 246 g/mol. The summed E-state index contributed by atoms with van der Waals surface area (Å²) in [5, 5.41) is 8.90. The Morgan fingerprint density at radius 1 is 1.54 bits per heavy atom. The Kier molecular flexibility index (Phi) is 2.95. The fourth-order valence-electron chi connectivity index (χ4n) is 1.50. The van der Waals surface area contributed by atoms with Crippen LogP contribution in [0.4, 0.5) is 0 Å². The number of hydrogen-bond acceptors (Lipinski definition) is 3. The Morgan fingerprint density at radius 3 is 2.92 bits per heavy atom. The van der Waals surface area contributed by atoms with E-state index in [1.54, 1.807) is 0 Å². The van der Waals surface area contributed by atoms with E-state index < -0.39 is 0 Å². The lowest BCUT2D eigenvalue weighted by Crippen LogP contribution is -2.19. The van der Waals surface area contributed by atoms with Crippen LogP contribution in [0, 0.1) is 0 Å². The highest BCUT2D eigenvalue weighted by Gasteiger charge is 2.16. The maximum Gasteiger partial charge on any atom is 0.0932 e. The highest BCUT2D eigenvalue weighted by molar-refractivity contribution is 9.08. The van der Waals surface area contributed by atoms with Gasteiger partial charge in [0, 0.05) is 24.7 Å². The van der Waals surface area contributed by atoms with Crippen LogP contribution in [0.15, 0.2) is 6.20 Å². The number of nitrogens with zero attached hydrogens (tertiary/aromatic N) is 3. The summed E-state index contributed by atoms with van der Waals surface area (Å²) in [6.07, 6.45) is 4.10. The molecular weight excluding hydrogens is 234 g/mol. The maximum absolute atomic E-state index is 5.28. The predicted octanol–water partition coefficient (Wildman–Crippen LogP) is 1.52. The monoisotopic (exact) mass is 245 g/mol. The summed E-state index contributed by atoms with van der Waals surface area (Å²) in [6.45, 7) is 1.68. The van der Waals surface area contributed by atoms with Crippen LogP contribution in [0.3, 0.4) is 0 Å². The Hall–Kier alpha value is -0.420. The van der Waals surface area contributed by atoms with Crippen LogP contribution in [0.5, 0.6) is 0 Å². The smallest absolute Gasteiger partial charge is 0.0932 e. The molecule has 0 bridgehead atoms. The van der Waals surface area contributed by atoms with Gasteiger partial charge in [-0.3, -0.25) is 0 Å². The SMILES string of the molecule is BrCc1cn(C2CCOCC2)nn1. The van der Waals surface area contributed by atoms with Crippen molar-refractivity contribution in [3.05, 3.63) is 11.9 Å². The van der Waals surface area contributed by atoms with Gasteiger partial charge in [-0.05, 0) is 12.8 Å². The van der Waals surface area contributed by atoms with Crippen molar-refractivity contribution in [1.82, 2.24) is 15.0 Å². The molecule has 0 spiro atoms. The van der Waals surface area contributed by atoms with Gasteiger partial charge < -0.3 is 4.74 Å². The fraction of sp³-hybridized carbons (Fsp3) is 0.750. The predicted molar refractivity (Wildman–Crippen MR) is 51.7 cm³/mol. The standard InChI is InChI=1S/C8H12BrN3O/c9-5-7-6-12(11-10-7)8-1-3-13-4-2-8/h6,8H,1-5H2. The molecule has 0 atom stereocenters. The average Bonchev–Trinajstić information content (AvgIpc) is 2.67. The summed E-state index contributed by atoms with van der Waals surface area (Å²) in [7, 11) is 0. The molecule has 0 aromatic carbocycles. The number of alkyl halides is 1. The highest BCUT2D eigenvalue weighted by Crippen LogP contribution is 2.19. The molecule has 2 rings (SSSR count). The van der Waals surface area contributed by atoms with Crippen molar-refractivity contribution in [2.45, 2.75) is 24.2 Å². The fourth-order valence-corrected chi connectivity index (χ4v) is 1.76. The lowest BCUT2D eigenvalue weighted by molar-refractivity contribution is 0.0657. The number of halogens is 1. The third-order valence-corrected chi connectivity index (χ3v) is 2.83. The van der Waals surface area contributed by atoms with Crippen LogP contribution in [0.2, 0.25) is 0 Å². The molecule has 72 valence electrons. The number of hydrogen-bond donors (Lipinski definition) is 0. The van der Waals surface area contributed by atoms with Crippen LogP contribution in [-0.4, -0.2) is 28.2 Å². The zero-order valence-electron chi connectivity index (χ0n) is 7.32. The summed E-state index contributed by atoms with van der Waals surface area (Å²) in [5.41, 5.74) is 0.992. The van der Waals surface area contributed by atoms with E-state index >= 15 is 0 Å². The first-order valence-corrected chi connectivity index (χ1v) is 5.56. The van der Waals surface area contributed by atoms with Crippen molar-refractivity contribution in [3.8, 4) is 0 Å². The number of rotatable bonds is 2. The first-order chi connectivity index (χ1) is 6.40. The lowest BCUT2D eigenvalue weighted by atomic mass is 10.1. The summed E-state index contributed by atoms with van der Waals surface area (Å²) >= 11 is 3.35. The molecule has 1 fully saturated rings. The molecule has 0 unspecified atom stereocenters. The minimum Gasteiger partial charge on any atom is -0.381 e. The van der Waals surface area contributed by atoms with E-state index in [0.717, 1.165) is 37.1 Å².